The van der Waals surface area contributed by atoms with Crippen LogP contribution in [-0.4, -0.2) is 78.2 Å². The van der Waals surface area contributed by atoms with Crippen molar-refractivity contribution < 1.29 is 9.53 Å². The Kier molecular flexibility index (Phi) is 6.15. The summed E-state index contributed by atoms with van der Waals surface area (Å²) in [4.78, 5) is 24.5. The second-order valence-electron chi connectivity index (χ2n) is 9.55. The molecule has 5 rings (SSSR count). The first-order valence-electron chi connectivity index (χ1n) is 12.0. The summed E-state index contributed by atoms with van der Waals surface area (Å²) in [6, 6.07) is 14.6. The Morgan fingerprint density at radius 3 is 2.56 bits per heavy atom. The first-order chi connectivity index (χ1) is 15.6. The highest BCUT2D eigenvalue weighted by Gasteiger charge is 2.43. The SMILES string of the molecule is Cc1cccc(C(=O)N2CCC3(CC2)C[C@@H](N2CCN(c4ccccn4)CC2)CCO3)c1. The van der Waals surface area contributed by atoms with Gasteiger partial charge in [0.05, 0.1) is 5.60 Å². The lowest BCUT2D eigenvalue weighted by molar-refractivity contribution is -0.130. The van der Waals surface area contributed by atoms with Crippen LogP contribution in [0.2, 0.25) is 0 Å². The molecule has 2 aromatic rings. The molecule has 3 fully saturated rings. The van der Waals surface area contributed by atoms with Crippen LogP contribution in [0.25, 0.3) is 0 Å². The molecule has 3 aliphatic rings. The number of rotatable bonds is 3. The molecular weight excluding hydrogens is 400 g/mol. The molecule has 6 heteroatoms. The standard InChI is InChI=1S/C26H34N4O2/c1-21-5-4-6-22(19-21)25(31)30-12-9-26(10-13-30)20-23(8-18-32-26)28-14-16-29(17-15-28)24-7-2-3-11-27-24/h2-7,11,19,23H,8-10,12-18,20H2,1H3/t23-/m0/s1. The van der Waals surface area contributed by atoms with Crippen LogP contribution in [0.4, 0.5) is 5.82 Å². The summed E-state index contributed by atoms with van der Waals surface area (Å²) >= 11 is 0. The van der Waals surface area contributed by atoms with E-state index in [9.17, 15) is 4.79 Å². The van der Waals surface area contributed by atoms with Gasteiger partial charge in [-0.25, -0.2) is 4.98 Å². The molecule has 0 aliphatic carbocycles. The number of benzene rings is 1. The van der Waals surface area contributed by atoms with Gasteiger partial charge >= 0.3 is 0 Å². The van der Waals surface area contributed by atoms with E-state index in [4.69, 9.17) is 4.74 Å². The summed E-state index contributed by atoms with van der Waals surface area (Å²) in [7, 11) is 0. The van der Waals surface area contributed by atoms with Crippen molar-refractivity contribution in [1.82, 2.24) is 14.8 Å². The van der Waals surface area contributed by atoms with Crippen molar-refractivity contribution >= 4 is 11.7 Å². The molecule has 3 aliphatic heterocycles. The van der Waals surface area contributed by atoms with E-state index in [-0.39, 0.29) is 11.5 Å². The van der Waals surface area contributed by atoms with Gasteiger partial charge in [-0.1, -0.05) is 23.8 Å². The van der Waals surface area contributed by atoms with Gasteiger partial charge in [0.1, 0.15) is 5.82 Å². The van der Waals surface area contributed by atoms with E-state index < -0.39 is 0 Å². The second-order valence-corrected chi connectivity index (χ2v) is 9.55. The van der Waals surface area contributed by atoms with Gasteiger partial charge in [-0.15, -0.1) is 0 Å². The van der Waals surface area contributed by atoms with Gasteiger partial charge in [0.2, 0.25) is 0 Å². The normalized spacial score (nSPS) is 24.0. The molecule has 4 heterocycles. The van der Waals surface area contributed by atoms with Crippen LogP contribution in [0.3, 0.4) is 0 Å². The van der Waals surface area contributed by atoms with E-state index in [1.165, 1.54) is 0 Å². The van der Waals surface area contributed by atoms with Gasteiger partial charge in [0.15, 0.2) is 0 Å². The molecule has 0 unspecified atom stereocenters. The van der Waals surface area contributed by atoms with Crippen LogP contribution >= 0.6 is 0 Å². The monoisotopic (exact) mass is 434 g/mol. The Bertz CT molecular complexity index is 918. The van der Waals surface area contributed by atoms with Crippen LogP contribution in [0.1, 0.15) is 41.6 Å². The van der Waals surface area contributed by atoms with E-state index >= 15 is 0 Å². The maximum atomic E-state index is 12.9. The fourth-order valence-electron chi connectivity index (χ4n) is 5.60. The quantitative estimate of drug-likeness (QED) is 0.741. The highest BCUT2D eigenvalue weighted by Crippen LogP contribution is 2.37. The van der Waals surface area contributed by atoms with Gasteiger partial charge in [-0.05, 0) is 56.9 Å². The van der Waals surface area contributed by atoms with Gasteiger partial charge in [-0.3, -0.25) is 9.69 Å². The third-order valence-electron chi connectivity index (χ3n) is 7.50. The van der Waals surface area contributed by atoms with Gasteiger partial charge in [-0.2, -0.15) is 0 Å². The zero-order valence-electron chi connectivity index (χ0n) is 19.1. The molecule has 1 spiro atoms. The fraction of sp³-hybridized carbons (Fsp3) is 0.538. The average Bonchev–Trinajstić information content (AvgIpc) is 2.85. The van der Waals surface area contributed by atoms with Crippen molar-refractivity contribution in [2.24, 2.45) is 0 Å². The summed E-state index contributed by atoms with van der Waals surface area (Å²) in [6.07, 6.45) is 5.95. The van der Waals surface area contributed by atoms with Crippen molar-refractivity contribution in [2.45, 2.75) is 44.2 Å². The Labute approximate surface area is 191 Å². The van der Waals surface area contributed by atoms with E-state index in [1.807, 2.05) is 48.4 Å². The van der Waals surface area contributed by atoms with Crippen molar-refractivity contribution in [3.8, 4) is 0 Å². The average molecular weight is 435 g/mol. The third kappa shape index (κ3) is 4.52. The minimum Gasteiger partial charge on any atom is -0.375 e. The maximum absolute atomic E-state index is 12.9. The van der Waals surface area contributed by atoms with E-state index in [1.54, 1.807) is 0 Å². The molecule has 32 heavy (non-hydrogen) atoms. The largest absolute Gasteiger partial charge is 0.375 e. The maximum Gasteiger partial charge on any atom is 0.253 e. The Hall–Kier alpha value is -2.44. The first-order valence-corrected chi connectivity index (χ1v) is 12.0. The van der Waals surface area contributed by atoms with Crippen LogP contribution in [0, 0.1) is 6.92 Å². The van der Waals surface area contributed by atoms with Crippen LogP contribution in [-0.2, 0) is 4.74 Å². The molecule has 0 radical (unpaired) electrons. The number of hydrogen-bond acceptors (Lipinski definition) is 5. The van der Waals surface area contributed by atoms with E-state index in [0.29, 0.717) is 6.04 Å². The molecule has 0 saturated carbocycles. The number of carbonyl (C=O) groups excluding carboxylic acids is 1. The first kappa shape index (κ1) is 21.4. The van der Waals surface area contributed by atoms with Crippen LogP contribution in [0.15, 0.2) is 48.7 Å². The molecule has 170 valence electrons. The highest BCUT2D eigenvalue weighted by molar-refractivity contribution is 5.94. The summed E-state index contributed by atoms with van der Waals surface area (Å²) in [5.74, 6) is 1.24. The number of pyridine rings is 1. The van der Waals surface area contributed by atoms with Crippen LogP contribution < -0.4 is 4.90 Å². The van der Waals surface area contributed by atoms with Crippen molar-refractivity contribution in [1.29, 1.82) is 0 Å². The number of hydrogen-bond donors (Lipinski definition) is 0. The number of carbonyl (C=O) groups is 1. The number of aryl methyl sites for hydroxylation is 1. The van der Waals surface area contributed by atoms with E-state index in [0.717, 1.165) is 88.5 Å². The number of piperazine rings is 1. The topological polar surface area (TPSA) is 48.9 Å². The highest BCUT2D eigenvalue weighted by atomic mass is 16.5. The molecule has 6 nitrogen and oxygen atoms in total. The smallest absolute Gasteiger partial charge is 0.253 e. The lowest BCUT2D eigenvalue weighted by Crippen LogP contribution is -2.57. The number of piperidine rings is 1. The minimum absolute atomic E-state index is 0.0651. The Balaban J connectivity index is 1.16. The number of nitrogens with zero attached hydrogens (tertiary/aromatic N) is 4. The molecule has 1 aromatic heterocycles. The van der Waals surface area contributed by atoms with E-state index in [2.05, 4.69) is 26.9 Å². The Morgan fingerprint density at radius 2 is 1.84 bits per heavy atom. The van der Waals surface area contributed by atoms with Crippen LogP contribution in [0.5, 0.6) is 0 Å². The number of amides is 1. The fourth-order valence-corrected chi connectivity index (χ4v) is 5.60. The molecule has 0 bridgehead atoms. The number of anilines is 1. The predicted molar refractivity (Wildman–Crippen MR) is 126 cm³/mol. The molecule has 0 N–H and O–H groups in total. The number of aromatic nitrogens is 1. The lowest BCUT2D eigenvalue weighted by atomic mass is 9.81. The molecule has 3 saturated heterocycles. The van der Waals surface area contributed by atoms with Crippen molar-refractivity contribution in [3.05, 3.63) is 59.8 Å². The number of likely N-dealkylation sites (tertiary alicyclic amines) is 1. The van der Waals surface area contributed by atoms with Crippen molar-refractivity contribution in [3.63, 3.8) is 0 Å². The van der Waals surface area contributed by atoms with Gasteiger partial charge in [0.25, 0.3) is 5.91 Å². The summed E-state index contributed by atoms with van der Waals surface area (Å²) in [5, 5.41) is 0. The third-order valence-corrected chi connectivity index (χ3v) is 7.50. The zero-order valence-corrected chi connectivity index (χ0v) is 19.1. The zero-order chi connectivity index (χ0) is 22.0. The minimum atomic E-state index is -0.0651. The number of ether oxygens (including phenoxy) is 1. The summed E-state index contributed by atoms with van der Waals surface area (Å²) < 4.78 is 6.39. The lowest BCUT2D eigenvalue weighted by Gasteiger charge is -2.49. The molecule has 1 aromatic carbocycles. The van der Waals surface area contributed by atoms with Crippen molar-refractivity contribution in [2.75, 3.05) is 50.8 Å². The summed E-state index contributed by atoms with van der Waals surface area (Å²) in [6.45, 7) is 8.65. The predicted octanol–water partition coefficient (Wildman–Crippen LogP) is 3.37. The Morgan fingerprint density at radius 1 is 1.03 bits per heavy atom. The van der Waals surface area contributed by atoms with Gasteiger partial charge in [0, 0.05) is 63.7 Å². The summed E-state index contributed by atoms with van der Waals surface area (Å²) in [5.41, 5.74) is 1.87. The molecule has 1 atom stereocenters. The molecule has 1 amide bonds. The van der Waals surface area contributed by atoms with Gasteiger partial charge < -0.3 is 14.5 Å². The molecular formula is C26H34N4O2. The second kappa shape index (κ2) is 9.20.